The fraction of sp³-hybridized carbons (Fsp3) is 0.250. The molecule has 1 aromatic rings. The highest BCUT2D eigenvalue weighted by molar-refractivity contribution is 8.15. The molecule has 2 rings (SSSR count). The molecule has 3 N–H and O–H groups in total. The largest absolute Gasteiger partial charge is 0.378 e. The minimum Gasteiger partial charge on any atom is -0.378 e. The monoisotopic (exact) mass is 308 g/mol. The number of carbonyl (C=O) groups is 2. The maximum absolute atomic E-state index is 11.8. The number of hydrogen-bond acceptors (Lipinski definition) is 6. The third-order valence-corrected chi connectivity index (χ3v) is 3.80. The van der Waals surface area contributed by atoms with Crippen LogP contribution in [0.15, 0.2) is 23.2 Å². The van der Waals surface area contributed by atoms with E-state index in [2.05, 4.69) is 10.3 Å². The normalized spacial score (nSPS) is 17.5. The van der Waals surface area contributed by atoms with Crippen LogP contribution in [0.5, 0.6) is 0 Å². The lowest BCUT2D eigenvalue weighted by Crippen LogP contribution is -2.21. The average Bonchev–Trinajstić information content (AvgIpc) is 2.69. The van der Waals surface area contributed by atoms with Crippen molar-refractivity contribution in [3.8, 4) is 0 Å². The zero-order valence-corrected chi connectivity index (χ0v) is 11.8. The molecular weight excluding hydrogens is 296 g/mol. The van der Waals surface area contributed by atoms with Gasteiger partial charge in [-0.15, -0.1) is 0 Å². The molecule has 0 saturated carbocycles. The van der Waals surface area contributed by atoms with E-state index in [0.717, 1.165) is 11.8 Å². The maximum atomic E-state index is 11.8. The second-order valence-corrected chi connectivity index (χ2v) is 5.63. The summed E-state index contributed by atoms with van der Waals surface area (Å²) < 4.78 is 0. The molecule has 9 heteroatoms. The van der Waals surface area contributed by atoms with E-state index in [4.69, 9.17) is 5.73 Å². The fourth-order valence-corrected chi connectivity index (χ4v) is 2.62. The van der Waals surface area contributed by atoms with Crippen molar-refractivity contribution in [3.63, 3.8) is 0 Å². The number of amidine groups is 1. The van der Waals surface area contributed by atoms with Crippen LogP contribution in [0.3, 0.4) is 0 Å². The first kappa shape index (κ1) is 15.0. The van der Waals surface area contributed by atoms with Crippen LogP contribution in [-0.4, -0.2) is 27.2 Å². The Balaban J connectivity index is 2.02. The van der Waals surface area contributed by atoms with E-state index in [-0.39, 0.29) is 17.3 Å². The first-order chi connectivity index (χ1) is 9.86. The summed E-state index contributed by atoms with van der Waals surface area (Å²) in [7, 11) is 0. The van der Waals surface area contributed by atoms with Crippen LogP contribution in [-0.2, 0) is 9.59 Å². The summed E-state index contributed by atoms with van der Waals surface area (Å²) in [5.41, 5.74) is 6.13. The second-order valence-electron chi connectivity index (χ2n) is 4.41. The van der Waals surface area contributed by atoms with E-state index in [1.165, 1.54) is 6.07 Å². The number of nitrogens with one attached hydrogen (secondary N) is 1. The smallest absolute Gasteiger partial charge is 0.274 e. The highest BCUT2D eigenvalue weighted by Crippen LogP contribution is 2.25. The predicted molar refractivity (Wildman–Crippen MR) is 79.1 cm³/mol. The summed E-state index contributed by atoms with van der Waals surface area (Å²) in [5.74, 6) is -0.869. The Bertz CT molecular complexity index is 659. The lowest BCUT2D eigenvalue weighted by molar-refractivity contribution is -0.385. The lowest BCUT2D eigenvalue weighted by Gasteiger charge is -2.08. The topological polar surface area (TPSA) is 128 Å². The molecule has 0 saturated heterocycles. The van der Waals surface area contributed by atoms with Gasteiger partial charge in [0.05, 0.1) is 4.92 Å². The predicted octanol–water partition coefficient (Wildman–Crippen LogP) is 1.19. The quantitative estimate of drug-likeness (QED) is 0.635. The van der Waals surface area contributed by atoms with Gasteiger partial charge in [-0.1, -0.05) is 17.8 Å². The summed E-state index contributed by atoms with van der Waals surface area (Å²) in [5, 5.41) is 12.9. The number of anilines is 1. The molecule has 1 heterocycles. The summed E-state index contributed by atoms with van der Waals surface area (Å²) in [6.45, 7) is 1.61. The number of nitro benzene ring substituents is 1. The van der Waals surface area contributed by atoms with Gasteiger partial charge < -0.3 is 11.1 Å². The van der Waals surface area contributed by atoms with E-state index in [9.17, 15) is 19.7 Å². The van der Waals surface area contributed by atoms with E-state index < -0.39 is 22.0 Å². The molecule has 0 spiro atoms. The Labute approximate surface area is 123 Å². The third-order valence-electron chi connectivity index (χ3n) is 2.82. The molecule has 21 heavy (non-hydrogen) atoms. The Morgan fingerprint density at radius 2 is 2.29 bits per heavy atom. The zero-order chi connectivity index (χ0) is 15.6. The van der Waals surface area contributed by atoms with Crippen LogP contribution in [0.2, 0.25) is 0 Å². The Morgan fingerprint density at radius 1 is 1.57 bits per heavy atom. The van der Waals surface area contributed by atoms with Crippen molar-refractivity contribution in [1.29, 1.82) is 0 Å². The SMILES string of the molecule is Cc1ccc(NC(=O)C[C@@H]2SC(N)=NC2=O)cc1[N+](=O)[O-]. The molecule has 0 fully saturated rings. The van der Waals surface area contributed by atoms with Crippen molar-refractivity contribution < 1.29 is 14.5 Å². The number of carbonyl (C=O) groups excluding carboxylic acids is 2. The van der Waals surface area contributed by atoms with Crippen molar-refractivity contribution in [3.05, 3.63) is 33.9 Å². The molecule has 8 nitrogen and oxygen atoms in total. The van der Waals surface area contributed by atoms with Crippen LogP contribution in [0.1, 0.15) is 12.0 Å². The molecular formula is C12H12N4O4S. The number of nitro groups is 1. The van der Waals surface area contributed by atoms with Gasteiger partial charge in [-0.05, 0) is 13.0 Å². The van der Waals surface area contributed by atoms with Gasteiger partial charge in [0.2, 0.25) is 5.91 Å². The highest BCUT2D eigenvalue weighted by Gasteiger charge is 2.29. The zero-order valence-electron chi connectivity index (χ0n) is 11.0. The van der Waals surface area contributed by atoms with Crippen molar-refractivity contribution in [2.45, 2.75) is 18.6 Å². The van der Waals surface area contributed by atoms with Gasteiger partial charge in [-0.2, -0.15) is 4.99 Å². The number of nitrogens with zero attached hydrogens (tertiary/aromatic N) is 2. The average molecular weight is 308 g/mol. The molecule has 0 radical (unpaired) electrons. The highest BCUT2D eigenvalue weighted by atomic mass is 32.2. The van der Waals surface area contributed by atoms with Gasteiger partial charge in [0, 0.05) is 23.7 Å². The number of amides is 2. The number of rotatable bonds is 4. The molecule has 110 valence electrons. The first-order valence-corrected chi connectivity index (χ1v) is 6.84. The van der Waals surface area contributed by atoms with Crippen LogP contribution in [0.25, 0.3) is 0 Å². The number of aryl methyl sites for hydroxylation is 1. The standard InChI is InChI=1S/C12H12N4O4S/c1-6-2-3-7(4-8(6)16(19)20)14-10(17)5-9-11(18)15-12(13)21-9/h2-4,9H,5H2,1H3,(H,14,17)(H2,13,15,18)/t9-/m0/s1. The van der Waals surface area contributed by atoms with Crippen molar-refractivity contribution in [2.75, 3.05) is 5.32 Å². The molecule has 0 bridgehead atoms. The summed E-state index contributed by atoms with van der Waals surface area (Å²) in [6, 6.07) is 4.39. The van der Waals surface area contributed by atoms with Crippen molar-refractivity contribution >= 4 is 40.1 Å². The number of thioether (sulfide) groups is 1. The van der Waals surface area contributed by atoms with E-state index in [0.29, 0.717) is 11.3 Å². The number of hydrogen-bond donors (Lipinski definition) is 2. The molecule has 2 amide bonds. The van der Waals surface area contributed by atoms with Crippen LogP contribution < -0.4 is 11.1 Å². The van der Waals surface area contributed by atoms with Gasteiger partial charge in [0.25, 0.3) is 11.6 Å². The minimum atomic E-state index is -0.634. The van der Waals surface area contributed by atoms with Crippen molar-refractivity contribution in [2.24, 2.45) is 10.7 Å². The van der Waals surface area contributed by atoms with E-state index in [1.807, 2.05) is 0 Å². The number of nitrogens with two attached hydrogens (primary N) is 1. The van der Waals surface area contributed by atoms with Crippen molar-refractivity contribution in [1.82, 2.24) is 0 Å². The lowest BCUT2D eigenvalue weighted by atomic mass is 10.2. The number of benzene rings is 1. The number of aliphatic imine (C=N–C) groups is 1. The first-order valence-electron chi connectivity index (χ1n) is 5.96. The molecule has 1 aliphatic rings. The van der Waals surface area contributed by atoms with E-state index >= 15 is 0 Å². The molecule has 0 aliphatic carbocycles. The fourth-order valence-electron chi connectivity index (χ4n) is 1.80. The Hall–Kier alpha value is -2.42. The molecule has 1 aliphatic heterocycles. The summed E-state index contributed by atoms with van der Waals surface area (Å²) in [6.07, 6.45) is -0.0879. The summed E-state index contributed by atoms with van der Waals surface area (Å²) >= 11 is 1.03. The van der Waals surface area contributed by atoms with E-state index in [1.54, 1.807) is 19.1 Å². The maximum Gasteiger partial charge on any atom is 0.274 e. The van der Waals surface area contributed by atoms with Gasteiger partial charge in [-0.3, -0.25) is 19.7 Å². The van der Waals surface area contributed by atoms with Crippen LogP contribution >= 0.6 is 11.8 Å². The third kappa shape index (κ3) is 3.57. The molecule has 0 unspecified atom stereocenters. The molecule has 1 atom stereocenters. The van der Waals surface area contributed by atoms with Gasteiger partial charge in [-0.25, -0.2) is 0 Å². The Morgan fingerprint density at radius 3 is 2.86 bits per heavy atom. The molecule has 0 aromatic heterocycles. The van der Waals surface area contributed by atoms with Gasteiger partial charge >= 0.3 is 0 Å². The van der Waals surface area contributed by atoms with Gasteiger partial charge in [0.15, 0.2) is 5.17 Å². The van der Waals surface area contributed by atoms with Gasteiger partial charge in [0.1, 0.15) is 5.25 Å². The summed E-state index contributed by atoms with van der Waals surface area (Å²) in [4.78, 5) is 37.1. The van der Waals surface area contributed by atoms with Crippen LogP contribution in [0.4, 0.5) is 11.4 Å². The minimum absolute atomic E-state index is 0.0771. The molecule has 1 aromatic carbocycles. The second kappa shape index (κ2) is 5.92. The van der Waals surface area contributed by atoms with Crippen LogP contribution in [0, 0.1) is 17.0 Å². The Kier molecular flexibility index (Phi) is 4.22.